The Hall–Kier alpha value is -0.760. The highest BCUT2D eigenvalue weighted by Gasteiger charge is 2.40. The molecular weight excluding hydrogens is 193 g/mol. The first kappa shape index (κ1) is 11.3. The molecule has 0 N–H and O–H groups in total. The number of alkyl halides is 3. The molecule has 0 aromatic heterocycles. The van der Waals surface area contributed by atoms with Crippen LogP contribution < -0.4 is 0 Å². The number of nitriles is 1. The molecule has 1 saturated carbocycles. The van der Waals surface area contributed by atoms with Gasteiger partial charge in [-0.05, 0) is 25.8 Å². The molecule has 0 radical (unpaired) electrons. The summed E-state index contributed by atoms with van der Waals surface area (Å²) < 4.78 is 36.6. The third kappa shape index (κ3) is 3.54. The summed E-state index contributed by atoms with van der Waals surface area (Å²) in [6.07, 6.45) is -2.19. The SMILES string of the molecule is CN(CC1CC1)CC(C#N)C(F)(F)F. The Morgan fingerprint density at radius 3 is 2.43 bits per heavy atom. The summed E-state index contributed by atoms with van der Waals surface area (Å²) in [6.45, 7) is 0.463. The third-order valence-corrected chi connectivity index (χ3v) is 2.31. The first-order chi connectivity index (χ1) is 6.43. The molecule has 0 aromatic rings. The molecule has 0 aliphatic heterocycles. The Morgan fingerprint density at radius 2 is 2.07 bits per heavy atom. The van der Waals surface area contributed by atoms with E-state index in [0.29, 0.717) is 12.5 Å². The first-order valence-corrected chi connectivity index (χ1v) is 4.58. The molecule has 0 heterocycles. The number of rotatable bonds is 4. The molecule has 0 bridgehead atoms. The number of hydrogen-bond donors (Lipinski definition) is 0. The predicted octanol–water partition coefficient (Wildman–Crippen LogP) is 2.03. The highest BCUT2D eigenvalue weighted by molar-refractivity contribution is 4.91. The van der Waals surface area contributed by atoms with Crippen molar-refractivity contribution in [3.63, 3.8) is 0 Å². The zero-order chi connectivity index (χ0) is 10.8. The maximum Gasteiger partial charge on any atom is 0.405 e. The van der Waals surface area contributed by atoms with E-state index in [9.17, 15) is 13.2 Å². The van der Waals surface area contributed by atoms with Crippen molar-refractivity contribution in [3.05, 3.63) is 0 Å². The summed E-state index contributed by atoms with van der Waals surface area (Å²) in [7, 11) is 1.63. The van der Waals surface area contributed by atoms with Gasteiger partial charge in [-0.2, -0.15) is 18.4 Å². The van der Waals surface area contributed by atoms with E-state index >= 15 is 0 Å². The van der Waals surface area contributed by atoms with Gasteiger partial charge in [-0.3, -0.25) is 0 Å². The molecule has 5 heteroatoms. The molecular formula is C9H13F3N2. The van der Waals surface area contributed by atoms with Gasteiger partial charge in [-0.25, -0.2) is 0 Å². The Morgan fingerprint density at radius 1 is 1.50 bits per heavy atom. The van der Waals surface area contributed by atoms with Crippen LogP contribution in [-0.4, -0.2) is 31.2 Å². The van der Waals surface area contributed by atoms with Crippen LogP contribution in [0.1, 0.15) is 12.8 Å². The predicted molar refractivity (Wildman–Crippen MR) is 45.4 cm³/mol. The van der Waals surface area contributed by atoms with E-state index in [-0.39, 0.29) is 6.54 Å². The fraction of sp³-hybridized carbons (Fsp3) is 0.889. The molecule has 0 saturated heterocycles. The lowest BCUT2D eigenvalue weighted by Crippen LogP contribution is -2.34. The number of nitrogens with zero attached hydrogens (tertiary/aromatic N) is 2. The van der Waals surface area contributed by atoms with Crippen LogP contribution >= 0.6 is 0 Å². The number of halogens is 3. The molecule has 1 unspecified atom stereocenters. The van der Waals surface area contributed by atoms with Crippen LogP contribution in [0.2, 0.25) is 0 Å². The van der Waals surface area contributed by atoms with Crippen LogP contribution in [0.4, 0.5) is 13.2 Å². The molecule has 1 aliphatic rings. The van der Waals surface area contributed by atoms with Gasteiger partial charge in [0.05, 0.1) is 6.07 Å². The minimum atomic E-state index is -4.40. The van der Waals surface area contributed by atoms with Crippen LogP contribution in [0, 0.1) is 23.2 Å². The van der Waals surface area contributed by atoms with Gasteiger partial charge < -0.3 is 4.90 Å². The molecule has 14 heavy (non-hydrogen) atoms. The molecule has 0 aromatic carbocycles. The lowest BCUT2D eigenvalue weighted by molar-refractivity contribution is -0.162. The van der Waals surface area contributed by atoms with Gasteiger partial charge in [0.25, 0.3) is 0 Å². The van der Waals surface area contributed by atoms with Crippen LogP contribution in [0.5, 0.6) is 0 Å². The minimum Gasteiger partial charge on any atom is -0.304 e. The maximum atomic E-state index is 12.2. The van der Waals surface area contributed by atoms with Gasteiger partial charge in [0.2, 0.25) is 0 Å². The minimum absolute atomic E-state index is 0.212. The van der Waals surface area contributed by atoms with Crippen molar-refractivity contribution in [3.8, 4) is 6.07 Å². The van der Waals surface area contributed by atoms with Crippen molar-refractivity contribution in [2.75, 3.05) is 20.1 Å². The van der Waals surface area contributed by atoms with E-state index < -0.39 is 12.1 Å². The number of hydrogen-bond acceptors (Lipinski definition) is 2. The first-order valence-electron chi connectivity index (χ1n) is 4.58. The van der Waals surface area contributed by atoms with Gasteiger partial charge in [-0.1, -0.05) is 0 Å². The average molecular weight is 206 g/mol. The van der Waals surface area contributed by atoms with Crippen LogP contribution in [0.3, 0.4) is 0 Å². The molecule has 1 rings (SSSR count). The fourth-order valence-corrected chi connectivity index (χ4v) is 1.34. The normalized spacial score (nSPS) is 19.4. The van der Waals surface area contributed by atoms with E-state index in [2.05, 4.69) is 0 Å². The fourth-order valence-electron chi connectivity index (χ4n) is 1.34. The van der Waals surface area contributed by atoms with Gasteiger partial charge >= 0.3 is 6.18 Å². The van der Waals surface area contributed by atoms with Crippen molar-refractivity contribution in [1.82, 2.24) is 4.90 Å². The molecule has 1 aliphatic carbocycles. The summed E-state index contributed by atoms with van der Waals surface area (Å²) in [6, 6.07) is 1.30. The van der Waals surface area contributed by atoms with E-state index in [1.165, 1.54) is 6.07 Å². The van der Waals surface area contributed by atoms with Crippen LogP contribution in [-0.2, 0) is 0 Å². The largest absolute Gasteiger partial charge is 0.405 e. The van der Waals surface area contributed by atoms with Crippen LogP contribution in [0.25, 0.3) is 0 Å². The highest BCUT2D eigenvalue weighted by atomic mass is 19.4. The van der Waals surface area contributed by atoms with Gasteiger partial charge in [-0.15, -0.1) is 0 Å². The maximum absolute atomic E-state index is 12.2. The molecule has 0 amide bonds. The molecule has 80 valence electrons. The van der Waals surface area contributed by atoms with E-state index in [0.717, 1.165) is 12.8 Å². The Kier molecular flexibility index (Phi) is 3.38. The van der Waals surface area contributed by atoms with Crippen molar-refractivity contribution in [2.45, 2.75) is 19.0 Å². The standard InChI is InChI=1S/C9H13F3N2/c1-14(5-7-2-3-7)6-8(4-13)9(10,11)12/h7-8H,2-3,5-6H2,1H3. The van der Waals surface area contributed by atoms with E-state index in [4.69, 9.17) is 5.26 Å². The smallest absolute Gasteiger partial charge is 0.304 e. The molecule has 0 spiro atoms. The van der Waals surface area contributed by atoms with Gasteiger partial charge in [0.15, 0.2) is 5.92 Å². The van der Waals surface area contributed by atoms with Crippen molar-refractivity contribution in [2.24, 2.45) is 11.8 Å². The Balaban J connectivity index is 2.35. The average Bonchev–Trinajstić information content (AvgIpc) is 2.81. The summed E-state index contributed by atoms with van der Waals surface area (Å²) in [4.78, 5) is 1.60. The highest BCUT2D eigenvalue weighted by Crippen LogP contribution is 2.31. The van der Waals surface area contributed by atoms with Crippen molar-refractivity contribution < 1.29 is 13.2 Å². The summed E-state index contributed by atoms with van der Waals surface area (Å²) >= 11 is 0. The zero-order valence-electron chi connectivity index (χ0n) is 8.01. The van der Waals surface area contributed by atoms with E-state index in [1.54, 1.807) is 11.9 Å². The quantitative estimate of drug-likeness (QED) is 0.703. The van der Waals surface area contributed by atoms with Crippen molar-refractivity contribution >= 4 is 0 Å². The van der Waals surface area contributed by atoms with Crippen LogP contribution in [0.15, 0.2) is 0 Å². The second kappa shape index (κ2) is 4.18. The molecule has 1 atom stereocenters. The molecule has 2 nitrogen and oxygen atoms in total. The second-order valence-electron chi connectivity index (χ2n) is 3.89. The van der Waals surface area contributed by atoms with Gasteiger partial charge in [0, 0.05) is 13.1 Å². The zero-order valence-corrected chi connectivity index (χ0v) is 8.01. The summed E-state index contributed by atoms with van der Waals surface area (Å²) in [5.41, 5.74) is 0. The lowest BCUT2D eigenvalue weighted by Gasteiger charge is -2.21. The summed E-state index contributed by atoms with van der Waals surface area (Å²) in [5.74, 6) is -1.31. The van der Waals surface area contributed by atoms with Crippen molar-refractivity contribution in [1.29, 1.82) is 5.26 Å². The third-order valence-electron chi connectivity index (χ3n) is 2.31. The lowest BCUT2D eigenvalue weighted by atomic mass is 10.1. The Labute approximate surface area is 81.3 Å². The Bertz CT molecular complexity index is 227. The second-order valence-corrected chi connectivity index (χ2v) is 3.89. The summed E-state index contributed by atoms with van der Waals surface area (Å²) in [5, 5.41) is 8.36. The van der Waals surface area contributed by atoms with Gasteiger partial charge in [0.1, 0.15) is 0 Å². The van der Waals surface area contributed by atoms with E-state index in [1.807, 2.05) is 0 Å². The topological polar surface area (TPSA) is 27.0 Å². The molecule has 1 fully saturated rings. The monoisotopic (exact) mass is 206 g/mol.